The summed E-state index contributed by atoms with van der Waals surface area (Å²) in [6.45, 7) is 19.5. The van der Waals surface area contributed by atoms with Gasteiger partial charge in [-0.05, 0) is 110 Å². The van der Waals surface area contributed by atoms with Crippen LogP contribution in [0.25, 0.3) is 0 Å². The van der Waals surface area contributed by atoms with Crippen LogP contribution in [0.4, 0.5) is 0 Å². The zero-order valence-electron chi connectivity index (χ0n) is 21.8. The molecule has 0 aliphatic heterocycles. The summed E-state index contributed by atoms with van der Waals surface area (Å²) < 4.78 is 0. The molecule has 0 bridgehead atoms. The summed E-state index contributed by atoms with van der Waals surface area (Å²) in [4.78, 5) is 12.5. The zero-order chi connectivity index (χ0) is 22.7. The van der Waals surface area contributed by atoms with Gasteiger partial charge in [0.2, 0.25) is 0 Å². The van der Waals surface area contributed by atoms with Crippen LogP contribution < -0.4 is 0 Å². The van der Waals surface area contributed by atoms with E-state index in [1.165, 1.54) is 44.9 Å². The Morgan fingerprint density at radius 1 is 0.903 bits per heavy atom. The summed E-state index contributed by atoms with van der Waals surface area (Å²) >= 11 is 0. The molecule has 10 atom stereocenters. The maximum atomic E-state index is 12.5. The van der Waals surface area contributed by atoms with Crippen LogP contribution in [0.5, 0.6) is 0 Å². The van der Waals surface area contributed by atoms with Crippen LogP contribution >= 0.6 is 0 Å². The third kappa shape index (κ3) is 3.69. The molecule has 4 fully saturated rings. The first-order valence-electron chi connectivity index (χ1n) is 13.7. The summed E-state index contributed by atoms with van der Waals surface area (Å²) in [6.07, 6.45) is 13.1. The Bertz CT molecular complexity index is 718. The molecule has 0 amide bonds. The number of fused-ring (bicyclic) bond motifs is 5. The molecule has 10 unspecified atom stereocenters. The van der Waals surface area contributed by atoms with Gasteiger partial charge in [-0.1, -0.05) is 60.1 Å². The van der Waals surface area contributed by atoms with Crippen molar-refractivity contribution >= 4 is 5.78 Å². The van der Waals surface area contributed by atoms with E-state index in [-0.39, 0.29) is 0 Å². The fourth-order valence-corrected chi connectivity index (χ4v) is 9.63. The Labute approximate surface area is 193 Å². The van der Waals surface area contributed by atoms with Gasteiger partial charge < -0.3 is 0 Å². The number of carbonyl (C=O) groups excluding carboxylic acids is 1. The Hall–Kier alpha value is -0.590. The minimum Gasteiger partial charge on any atom is -0.299 e. The molecule has 0 saturated heterocycles. The largest absolute Gasteiger partial charge is 0.299 e. The van der Waals surface area contributed by atoms with Crippen molar-refractivity contribution in [3.05, 3.63) is 11.6 Å². The maximum absolute atomic E-state index is 12.5. The number of rotatable bonds is 4. The van der Waals surface area contributed by atoms with Gasteiger partial charge in [0, 0.05) is 12.3 Å². The molecule has 4 aliphatic carbocycles. The van der Waals surface area contributed by atoms with Crippen molar-refractivity contribution in [3.8, 4) is 0 Å². The minimum absolute atomic E-state index is 0.306. The van der Waals surface area contributed by atoms with Gasteiger partial charge in [-0.3, -0.25) is 4.79 Å². The molecule has 1 heteroatoms. The third-order valence-electron chi connectivity index (χ3n) is 11.9. The van der Waals surface area contributed by atoms with Crippen molar-refractivity contribution < 1.29 is 4.79 Å². The zero-order valence-corrected chi connectivity index (χ0v) is 21.8. The van der Waals surface area contributed by atoms with Crippen molar-refractivity contribution in [2.24, 2.45) is 64.1 Å². The Morgan fingerprint density at radius 2 is 1.55 bits per heavy atom. The van der Waals surface area contributed by atoms with Crippen molar-refractivity contribution in [1.82, 2.24) is 0 Å². The average molecular weight is 427 g/mol. The molecule has 0 N–H and O–H groups in total. The molecule has 0 aromatic rings. The summed E-state index contributed by atoms with van der Waals surface area (Å²) in [5.41, 5.74) is 2.56. The standard InChI is InChI=1S/C30H50O/c1-18(2)21(5)19(3)17-20(4)24-11-12-26-23-9-10-25-22(6)28(31)14-16-30(25,8)27(23)13-15-29(24,26)7/h17-18,20-27H,9-16H2,1-8H3. The second-order valence-corrected chi connectivity index (χ2v) is 13.4. The van der Waals surface area contributed by atoms with Gasteiger partial charge in [0.25, 0.3) is 0 Å². The number of ketones is 1. The van der Waals surface area contributed by atoms with E-state index in [9.17, 15) is 4.79 Å². The lowest BCUT2D eigenvalue weighted by Crippen LogP contribution is -2.55. The highest BCUT2D eigenvalue weighted by atomic mass is 16.1. The molecule has 1 nitrogen and oxygen atoms in total. The van der Waals surface area contributed by atoms with Crippen LogP contribution in [0.2, 0.25) is 0 Å². The number of hydrogen-bond donors (Lipinski definition) is 0. The van der Waals surface area contributed by atoms with Gasteiger partial charge in [-0.25, -0.2) is 0 Å². The first-order chi connectivity index (χ1) is 14.5. The number of allylic oxidation sites excluding steroid dienone is 2. The summed E-state index contributed by atoms with van der Waals surface area (Å²) in [6, 6.07) is 0. The van der Waals surface area contributed by atoms with Gasteiger partial charge >= 0.3 is 0 Å². The van der Waals surface area contributed by atoms with E-state index >= 15 is 0 Å². The Kier molecular flexibility index (Phi) is 6.33. The monoisotopic (exact) mass is 426 g/mol. The lowest BCUT2D eigenvalue weighted by atomic mass is 9.43. The van der Waals surface area contributed by atoms with Gasteiger partial charge in [-0.2, -0.15) is 0 Å². The molecule has 0 radical (unpaired) electrons. The highest BCUT2D eigenvalue weighted by Crippen LogP contribution is 2.68. The number of hydrogen-bond acceptors (Lipinski definition) is 1. The summed E-state index contributed by atoms with van der Waals surface area (Å²) in [5, 5.41) is 0. The molecular weight excluding hydrogens is 376 g/mol. The molecule has 31 heavy (non-hydrogen) atoms. The van der Waals surface area contributed by atoms with Crippen LogP contribution in [-0.2, 0) is 4.79 Å². The summed E-state index contributed by atoms with van der Waals surface area (Å²) in [7, 11) is 0. The predicted molar refractivity (Wildman–Crippen MR) is 132 cm³/mol. The Balaban J connectivity index is 1.54. The fraction of sp³-hybridized carbons (Fsp3) is 0.900. The first kappa shape index (κ1) is 23.6. The molecule has 0 aromatic heterocycles. The van der Waals surface area contributed by atoms with Crippen LogP contribution in [0.3, 0.4) is 0 Å². The molecule has 4 aliphatic rings. The molecule has 0 aromatic carbocycles. The normalized spacial score (nSPS) is 47.5. The average Bonchev–Trinajstić information content (AvgIpc) is 3.07. The predicted octanol–water partition coefficient (Wildman–Crippen LogP) is 8.33. The third-order valence-corrected chi connectivity index (χ3v) is 11.9. The lowest BCUT2D eigenvalue weighted by Gasteiger charge is -2.61. The van der Waals surface area contributed by atoms with Crippen LogP contribution in [0.15, 0.2) is 11.6 Å². The lowest BCUT2D eigenvalue weighted by molar-refractivity contribution is -0.150. The van der Waals surface area contributed by atoms with Crippen LogP contribution in [0.1, 0.15) is 107 Å². The highest BCUT2D eigenvalue weighted by Gasteiger charge is 2.61. The molecule has 4 rings (SSSR count). The molecule has 176 valence electrons. The second kappa shape index (κ2) is 8.32. The molecule has 0 spiro atoms. The number of carbonyl (C=O) groups is 1. The van der Waals surface area contributed by atoms with E-state index in [1.807, 2.05) is 0 Å². The minimum atomic E-state index is 0.306. The van der Waals surface area contributed by atoms with Crippen LogP contribution in [-0.4, -0.2) is 5.78 Å². The van der Waals surface area contributed by atoms with Gasteiger partial charge in [-0.15, -0.1) is 0 Å². The first-order valence-corrected chi connectivity index (χ1v) is 13.7. The van der Waals surface area contributed by atoms with Gasteiger partial charge in [0.15, 0.2) is 0 Å². The molecular formula is C30H50O. The van der Waals surface area contributed by atoms with E-state index in [0.29, 0.717) is 40.3 Å². The van der Waals surface area contributed by atoms with Crippen molar-refractivity contribution in [3.63, 3.8) is 0 Å². The van der Waals surface area contributed by atoms with Crippen LogP contribution in [0, 0.1) is 64.1 Å². The maximum Gasteiger partial charge on any atom is 0.136 e. The SMILES string of the molecule is CC(=CC(C)C1CCC2C3CCC4C(C)C(=O)CCC4(C)C3CCC12C)C(C)C(C)C. The van der Waals surface area contributed by atoms with Crippen molar-refractivity contribution in [2.75, 3.05) is 0 Å². The summed E-state index contributed by atoms with van der Waals surface area (Å²) in [5.74, 6) is 7.18. The topological polar surface area (TPSA) is 17.1 Å². The van der Waals surface area contributed by atoms with E-state index in [0.717, 1.165) is 36.0 Å². The van der Waals surface area contributed by atoms with Gasteiger partial charge in [0.1, 0.15) is 5.78 Å². The molecule has 0 heterocycles. The van der Waals surface area contributed by atoms with E-state index in [1.54, 1.807) is 5.57 Å². The second-order valence-electron chi connectivity index (χ2n) is 13.4. The van der Waals surface area contributed by atoms with E-state index < -0.39 is 0 Å². The van der Waals surface area contributed by atoms with E-state index in [2.05, 4.69) is 61.5 Å². The quantitative estimate of drug-likeness (QED) is 0.413. The fourth-order valence-electron chi connectivity index (χ4n) is 9.63. The number of Topliss-reactive ketones (excluding diaryl/α,β-unsaturated/α-hetero) is 1. The smallest absolute Gasteiger partial charge is 0.136 e. The molecule has 4 saturated carbocycles. The van der Waals surface area contributed by atoms with Crippen molar-refractivity contribution in [1.29, 1.82) is 0 Å². The Morgan fingerprint density at radius 3 is 2.23 bits per heavy atom. The van der Waals surface area contributed by atoms with Gasteiger partial charge in [0.05, 0.1) is 0 Å². The van der Waals surface area contributed by atoms with Crippen molar-refractivity contribution in [2.45, 2.75) is 107 Å². The highest BCUT2D eigenvalue weighted by molar-refractivity contribution is 5.82. The van der Waals surface area contributed by atoms with E-state index in [4.69, 9.17) is 0 Å².